The van der Waals surface area contributed by atoms with Crippen molar-refractivity contribution in [3.63, 3.8) is 0 Å². The standard InChI is InChI=1S/C17H24BFN2O3/c1-16(2)17(3,4)24-18(23-16)14(19)12-6-8-13(9-7-12)22-15-20-10-5-11-21-15/h5,10-11,13H,6-9H2,1-4H3. The normalized spacial score (nSPS) is 25.6. The SMILES string of the molecule is CC1(C)OB(C(F)=C2CCC(Oc3ncccn3)CC2)OC1(C)C. The minimum absolute atomic E-state index is 0.0160. The first-order valence-electron chi connectivity index (χ1n) is 8.45. The van der Waals surface area contributed by atoms with Gasteiger partial charge < -0.3 is 14.0 Å². The van der Waals surface area contributed by atoms with E-state index in [1.807, 2.05) is 27.7 Å². The van der Waals surface area contributed by atoms with Crippen LogP contribution < -0.4 is 4.74 Å². The first kappa shape index (κ1) is 17.4. The van der Waals surface area contributed by atoms with E-state index in [0.717, 1.165) is 18.4 Å². The molecule has 2 fully saturated rings. The summed E-state index contributed by atoms with van der Waals surface area (Å²) in [5.74, 6) is 0. The predicted molar refractivity (Wildman–Crippen MR) is 89.1 cm³/mol. The molecule has 1 aliphatic heterocycles. The van der Waals surface area contributed by atoms with Crippen LogP contribution in [-0.2, 0) is 9.31 Å². The van der Waals surface area contributed by atoms with Crippen molar-refractivity contribution in [1.29, 1.82) is 0 Å². The number of ether oxygens (including phenoxy) is 1. The van der Waals surface area contributed by atoms with Gasteiger partial charge in [-0.1, -0.05) is 0 Å². The Labute approximate surface area is 142 Å². The third-order valence-electron chi connectivity index (χ3n) is 5.15. The third-order valence-corrected chi connectivity index (χ3v) is 5.15. The van der Waals surface area contributed by atoms with Crippen LogP contribution in [-0.4, -0.2) is 34.4 Å². The minimum atomic E-state index is -0.903. The van der Waals surface area contributed by atoms with Gasteiger partial charge in [-0.3, -0.25) is 0 Å². The molecule has 1 aliphatic carbocycles. The van der Waals surface area contributed by atoms with Crippen molar-refractivity contribution in [2.75, 3.05) is 0 Å². The van der Waals surface area contributed by atoms with Gasteiger partial charge in [0.2, 0.25) is 0 Å². The van der Waals surface area contributed by atoms with Gasteiger partial charge in [0.25, 0.3) is 0 Å². The van der Waals surface area contributed by atoms with Crippen LogP contribution in [0.4, 0.5) is 4.39 Å². The van der Waals surface area contributed by atoms with Crippen LogP contribution in [0.15, 0.2) is 29.8 Å². The Hall–Kier alpha value is -1.47. The van der Waals surface area contributed by atoms with Crippen molar-refractivity contribution in [2.45, 2.75) is 70.7 Å². The van der Waals surface area contributed by atoms with Gasteiger partial charge in [0.05, 0.1) is 11.2 Å². The molecule has 7 heteroatoms. The lowest BCUT2D eigenvalue weighted by molar-refractivity contribution is 0.00578. The summed E-state index contributed by atoms with van der Waals surface area (Å²) in [5.41, 5.74) is -0.563. The molecule has 0 N–H and O–H groups in total. The molecule has 5 nitrogen and oxygen atoms in total. The molecular weight excluding hydrogens is 310 g/mol. The van der Waals surface area contributed by atoms with Crippen LogP contribution in [0.2, 0.25) is 0 Å². The molecule has 0 atom stereocenters. The second kappa shape index (κ2) is 6.45. The average Bonchev–Trinajstić information content (AvgIpc) is 2.76. The number of rotatable bonds is 3. The first-order valence-corrected chi connectivity index (χ1v) is 8.45. The van der Waals surface area contributed by atoms with Gasteiger partial charge in [0.1, 0.15) is 11.8 Å². The Kier molecular flexibility index (Phi) is 4.66. The number of hydrogen-bond donors (Lipinski definition) is 0. The smallest absolute Gasteiger partial charge is 0.460 e. The van der Waals surface area contributed by atoms with Crippen molar-refractivity contribution in [3.8, 4) is 6.01 Å². The molecule has 2 aliphatic rings. The molecule has 1 aromatic rings. The molecule has 0 bridgehead atoms. The molecule has 0 aromatic carbocycles. The van der Waals surface area contributed by atoms with Crippen LogP contribution in [0.3, 0.4) is 0 Å². The van der Waals surface area contributed by atoms with E-state index >= 15 is 0 Å². The Balaban J connectivity index is 1.60. The zero-order valence-electron chi connectivity index (χ0n) is 14.7. The summed E-state index contributed by atoms with van der Waals surface area (Å²) in [6.07, 6.45) is 6.05. The maximum absolute atomic E-state index is 14.8. The molecule has 24 heavy (non-hydrogen) atoms. The topological polar surface area (TPSA) is 53.5 Å². The van der Waals surface area contributed by atoms with Crippen molar-refractivity contribution in [3.05, 3.63) is 29.8 Å². The van der Waals surface area contributed by atoms with E-state index in [4.69, 9.17) is 14.0 Å². The van der Waals surface area contributed by atoms with E-state index in [9.17, 15) is 4.39 Å². The maximum Gasteiger partial charge on any atom is 0.525 e. The van der Waals surface area contributed by atoms with Crippen LogP contribution in [0.25, 0.3) is 0 Å². The molecular formula is C17H24BFN2O3. The lowest BCUT2D eigenvalue weighted by Crippen LogP contribution is -2.41. The maximum atomic E-state index is 14.8. The van der Waals surface area contributed by atoms with Crippen LogP contribution in [0, 0.1) is 0 Å². The quantitative estimate of drug-likeness (QED) is 0.790. The number of nitrogens with zero attached hydrogens (tertiary/aromatic N) is 2. The summed E-state index contributed by atoms with van der Waals surface area (Å²) in [5, 5.41) is 0. The number of aromatic nitrogens is 2. The van der Waals surface area contributed by atoms with Crippen molar-refractivity contribution >= 4 is 7.12 Å². The Morgan fingerprint density at radius 2 is 1.67 bits per heavy atom. The highest BCUT2D eigenvalue weighted by molar-refractivity contribution is 6.53. The van der Waals surface area contributed by atoms with Gasteiger partial charge in [0, 0.05) is 12.4 Å². The fraction of sp³-hybridized carbons (Fsp3) is 0.647. The summed E-state index contributed by atoms with van der Waals surface area (Å²) >= 11 is 0. The summed E-state index contributed by atoms with van der Waals surface area (Å²) in [6.45, 7) is 7.70. The summed E-state index contributed by atoms with van der Waals surface area (Å²) in [6, 6.07) is 2.12. The molecule has 0 unspecified atom stereocenters. The van der Waals surface area contributed by atoms with Gasteiger partial charge in [-0.25, -0.2) is 14.4 Å². The van der Waals surface area contributed by atoms with Crippen molar-refractivity contribution in [1.82, 2.24) is 9.97 Å². The fourth-order valence-electron chi connectivity index (χ4n) is 2.90. The zero-order valence-corrected chi connectivity index (χ0v) is 14.7. The summed E-state index contributed by atoms with van der Waals surface area (Å²) in [7, 11) is -0.903. The Bertz CT molecular complexity index is 596. The van der Waals surface area contributed by atoms with E-state index in [1.165, 1.54) is 0 Å². The second-order valence-electron chi connectivity index (χ2n) is 7.39. The van der Waals surface area contributed by atoms with E-state index in [-0.39, 0.29) is 11.8 Å². The lowest BCUT2D eigenvalue weighted by atomic mass is 9.79. The van der Waals surface area contributed by atoms with Gasteiger partial charge in [-0.15, -0.1) is 0 Å². The van der Waals surface area contributed by atoms with Crippen LogP contribution in [0.5, 0.6) is 6.01 Å². The molecule has 0 amide bonds. The van der Waals surface area contributed by atoms with Crippen molar-refractivity contribution in [2.24, 2.45) is 0 Å². The van der Waals surface area contributed by atoms with Crippen LogP contribution in [0.1, 0.15) is 53.4 Å². The summed E-state index contributed by atoms with van der Waals surface area (Å²) < 4.78 is 32.1. The monoisotopic (exact) mass is 334 g/mol. The van der Waals surface area contributed by atoms with Crippen molar-refractivity contribution < 1.29 is 18.4 Å². The molecule has 1 saturated heterocycles. The average molecular weight is 334 g/mol. The molecule has 2 heterocycles. The Morgan fingerprint density at radius 3 is 2.21 bits per heavy atom. The largest absolute Gasteiger partial charge is 0.525 e. The van der Waals surface area contributed by atoms with E-state index < -0.39 is 18.3 Å². The summed E-state index contributed by atoms with van der Waals surface area (Å²) in [4.78, 5) is 8.12. The number of allylic oxidation sites excluding steroid dienone is 1. The Morgan fingerprint density at radius 1 is 1.12 bits per heavy atom. The van der Waals surface area contributed by atoms with Gasteiger partial charge in [0.15, 0.2) is 0 Å². The fourth-order valence-corrected chi connectivity index (χ4v) is 2.90. The highest BCUT2D eigenvalue weighted by atomic mass is 19.1. The zero-order chi connectivity index (χ0) is 17.4. The predicted octanol–water partition coefficient (Wildman–Crippen LogP) is 3.65. The first-order chi connectivity index (χ1) is 11.3. The molecule has 3 rings (SSSR count). The molecule has 1 saturated carbocycles. The molecule has 0 radical (unpaired) electrons. The number of halogens is 1. The van der Waals surface area contributed by atoms with Gasteiger partial charge >= 0.3 is 13.1 Å². The molecule has 130 valence electrons. The van der Waals surface area contributed by atoms with E-state index in [2.05, 4.69) is 9.97 Å². The second-order valence-corrected chi connectivity index (χ2v) is 7.39. The minimum Gasteiger partial charge on any atom is -0.460 e. The van der Waals surface area contributed by atoms with Gasteiger partial charge in [-0.2, -0.15) is 0 Å². The molecule has 0 spiro atoms. The van der Waals surface area contributed by atoms with Crippen LogP contribution >= 0.6 is 0 Å². The lowest BCUT2D eigenvalue weighted by Gasteiger charge is -2.32. The van der Waals surface area contributed by atoms with E-state index in [0.29, 0.717) is 18.9 Å². The molecule has 1 aromatic heterocycles. The highest BCUT2D eigenvalue weighted by Gasteiger charge is 2.53. The highest BCUT2D eigenvalue weighted by Crippen LogP contribution is 2.40. The van der Waals surface area contributed by atoms with E-state index in [1.54, 1.807) is 18.5 Å². The van der Waals surface area contributed by atoms with Gasteiger partial charge in [-0.05, 0) is 65.0 Å². The number of hydrogen-bond acceptors (Lipinski definition) is 5. The third kappa shape index (κ3) is 3.47.